The maximum Gasteiger partial charge on any atom is 0.0931 e. The lowest BCUT2D eigenvalue weighted by Gasteiger charge is -2.35. The van der Waals surface area contributed by atoms with Crippen LogP contribution in [0.3, 0.4) is 0 Å². The lowest BCUT2D eigenvalue weighted by Crippen LogP contribution is -2.41. The summed E-state index contributed by atoms with van der Waals surface area (Å²) in [6.45, 7) is 9.36. The number of likely N-dealkylation sites (tertiary alicyclic amines) is 1. The van der Waals surface area contributed by atoms with Gasteiger partial charge in [-0.05, 0) is 63.9 Å². The second-order valence-electron chi connectivity index (χ2n) is 5.55. The van der Waals surface area contributed by atoms with Gasteiger partial charge in [-0.3, -0.25) is 0 Å². The number of hydrogen-bond donors (Lipinski definition) is 1. The van der Waals surface area contributed by atoms with Crippen LogP contribution in [-0.2, 0) is 6.54 Å². The van der Waals surface area contributed by atoms with E-state index in [2.05, 4.69) is 30.1 Å². The van der Waals surface area contributed by atoms with Gasteiger partial charge in [0.25, 0.3) is 0 Å². The van der Waals surface area contributed by atoms with E-state index in [0.717, 1.165) is 16.8 Å². The summed E-state index contributed by atoms with van der Waals surface area (Å²) in [6, 6.07) is 4.71. The van der Waals surface area contributed by atoms with E-state index < -0.39 is 0 Å². The van der Waals surface area contributed by atoms with Crippen LogP contribution in [0, 0.1) is 5.92 Å². The number of nitrogens with zero attached hydrogens (tertiary/aromatic N) is 1. The fourth-order valence-electron chi connectivity index (χ4n) is 2.87. The summed E-state index contributed by atoms with van der Waals surface area (Å²) in [5.41, 5.74) is 0. The first-order valence-electron chi connectivity index (χ1n) is 7.39. The topological polar surface area (TPSA) is 15.3 Å². The smallest absolute Gasteiger partial charge is 0.0931 e. The molecule has 2 rings (SSSR count). The zero-order chi connectivity index (χ0) is 13.7. The molecule has 2 heterocycles. The Balaban J connectivity index is 1.70. The summed E-state index contributed by atoms with van der Waals surface area (Å²) in [7, 11) is 0. The minimum absolute atomic E-state index is 0.602. The summed E-state index contributed by atoms with van der Waals surface area (Å²) in [6.07, 6.45) is 3.94. The van der Waals surface area contributed by atoms with Gasteiger partial charge in [-0.1, -0.05) is 18.5 Å². The molecule has 0 radical (unpaired) electrons. The number of thiophene rings is 1. The molecule has 1 aromatic heterocycles. The molecule has 1 unspecified atom stereocenters. The van der Waals surface area contributed by atoms with Crippen molar-refractivity contribution < 1.29 is 0 Å². The van der Waals surface area contributed by atoms with Crippen LogP contribution in [-0.4, -0.2) is 30.6 Å². The van der Waals surface area contributed by atoms with Gasteiger partial charge in [0.2, 0.25) is 0 Å². The van der Waals surface area contributed by atoms with Crippen molar-refractivity contribution in [2.24, 2.45) is 5.92 Å². The second-order valence-corrected chi connectivity index (χ2v) is 7.35. The number of nitrogens with one attached hydrogen (secondary N) is 1. The van der Waals surface area contributed by atoms with Crippen LogP contribution < -0.4 is 5.32 Å². The normalized spacial score (nSPS) is 19.7. The summed E-state index contributed by atoms with van der Waals surface area (Å²) >= 11 is 7.63. The highest BCUT2D eigenvalue weighted by atomic mass is 35.5. The molecule has 108 valence electrons. The fraction of sp³-hybridized carbons (Fsp3) is 0.733. The van der Waals surface area contributed by atoms with Crippen molar-refractivity contribution in [2.75, 3.05) is 19.6 Å². The van der Waals surface area contributed by atoms with E-state index in [9.17, 15) is 0 Å². The summed E-state index contributed by atoms with van der Waals surface area (Å²) in [4.78, 5) is 3.93. The molecular formula is C15H25ClN2S. The highest BCUT2D eigenvalue weighted by Crippen LogP contribution is 2.23. The Kier molecular flexibility index (Phi) is 6.14. The van der Waals surface area contributed by atoms with Gasteiger partial charge in [0.15, 0.2) is 0 Å². The molecule has 1 fully saturated rings. The van der Waals surface area contributed by atoms with Crippen molar-refractivity contribution in [2.45, 2.75) is 45.7 Å². The Labute approximate surface area is 126 Å². The molecule has 1 N–H and O–H groups in total. The molecule has 4 heteroatoms. The molecule has 1 saturated heterocycles. The average molecular weight is 301 g/mol. The molecule has 0 spiro atoms. The van der Waals surface area contributed by atoms with E-state index in [0.29, 0.717) is 6.04 Å². The highest BCUT2D eigenvalue weighted by Gasteiger charge is 2.23. The third kappa shape index (κ3) is 4.75. The Morgan fingerprint density at radius 3 is 2.74 bits per heavy atom. The minimum Gasteiger partial charge on any atom is -0.309 e. The number of halogens is 1. The van der Waals surface area contributed by atoms with Crippen LogP contribution in [0.15, 0.2) is 12.1 Å². The van der Waals surface area contributed by atoms with Crippen molar-refractivity contribution in [1.29, 1.82) is 0 Å². The molecule has 1 atom stereocenters. The molecular weight excluding hydrogens is 276 g/mol. The number of rotatable bonds is 6. The first-order chi connectivity index (χ1) is 9.19. The van der Waals surface area contributed by atoms with E-state index in [1.54, 1.807) is 11.3 Å². The minimum atomic E-state index is 0.602. The quantitative estimate of drug-likeness (QED) is 0.854. The van der Waals surface area contributed by atoms with Crippen molar-refractivity contribution in [1.82, 2.24) is 10.2 Å². The SMILES string of the molecule is CCCN1CCC(C(C)NCc2ccc(Cl)s2)CC1. The molecule has 1 aliphatic rings. The summed E-state index contributed by atoms with van der Waals surface area (Å²) in [5, 5.41) is 3.66. The number of piperidine rings is 1. The average Bonchev–Trinajstić information content (AvgIpc) is 2.83. The molecule has 0 aromatic carbocycles. The predicted molar refractivity (Wildman–Crippen MR) is 85.1 cm³/mol. The summed E-state index contributed by atoms with van der Waals surface area (Å²) < 4.78 is 0.886. The van der Waals surface area contributed by atoms with E-state index in [1.807, 2.05) is 6.07 Å². The van der Waals surface area contributed by atoms with Crippen LogP contribution in [0.25, 0.3) is 0 Å². The molecule has 1 aromatic rings. The van der Waals surface area contributed by atoms with Gasteiger partial charge in [0, 0.05) is 17.5 Å². The zero-order valence-electron chi connectivity index (χ0n) is 12.0. The maximum absolute atomic E-state index is 5.96. The van der Waals surface area contributed by atoms with Gasteiger partial charge in [0.1, 0.15) is 0 Å². The van der Waals surface area contributed by atoms with Gasteiger partial charge in [-0.25, -0.2) is 0 Å². The Morgan fingerprint density at radius 1 is 1.42 bits per heavy atom. The van der Waals surface area contributed by atoms with Crippen molar-refractivity contribution in [3.05, 3.63) is 21.3 Å². The van der Waals surface area contributed by atoms with Crippen molar-refractivity contribution >= 4 is 22.9 Å². The molecule has 1 aliphatic heterocycles. The lowest BCUT2D eigenvalue weighted by atomic mass is 9.90. The van der Waals surface area contributed by atoms with Crippen molar-refractivity contribution in [3.8, 4) is 0 Å². The zero-order valence-corrected chi connectivity index (χ0v) is 13.6. The standard InChI is InChI=1S/C15H25ClN2S/c1-3-8-18-9-6-13(7-10-18)12(2)17-11-14-4-5-15(16)19-14/h4-5,12-13,17H,3,6-11H2,1-2H3. The molecule has 19 heavy (non-hydrogen) atoms. The third-order valence-corrected chi connectivity index (χ3v) is 5.34. The van der Waals surface area contributed by atoms with Crippen LogP contribution in [0.4, 0.5) is 0 Å². The monoisotopic (exact) mass is 300 g/mol. The lowest BCUT2D eigenvalue weighted by molar-refractivity contribution is 0.162. The van der Waals surface area contributed by atoms with E-state index in [1.165, 1.54) is 43.8 Å². The molecule has 0 aliphatic carbocycles. The third-order valence-electron chi connectivity index (χ3n) is 4.11. The molecule has 0 amide bonds. The fourth-order valence-corrected chi connectivity index (χ4v) is 3.91. The first kappa shape index (κ1) is 15.3. The van der Waals surface area contributed by atoms with Crippen LogP contribution in [0.5, 0.6) is 0 Å². The Hall–Kier alpha value is -0.0900. The van der Waals surface area contributed by atoms with Gasteiger partial charge < -0.3 is 10.2 Å². The highest BCUT2D eigenvalue weighted by molar-refractivity contribution is 7.16. The van der Waals surface area contributed by atoms with Crippen LogP contribution >= 0.6 is 22.9 Å². The van der Waals surface area contributed by atoms with Gasteiger partial charge in [-0.2, -0.15) is 0 Å². The summed E-state index contributed by atoms with van der Waals surface area (Å²) in [5.74, 6) is 0.823. The maximum atomic E-state index is 5.96. The van der Waals surface area contributed by atoms with E-state index >= 15 is 0 Å². The van der Waals surface area contributed by atoms with Gasteiger partial charge in [-0.15, -0.1) is 11.3 Å². The Bertz CT molecular complexity index is 372. The van der Waals surface area contributed by atoms with E-state index in [-0.39, 0.29) is 0 Å². The van der Waals surface area contributed by atoms with Crippen LogP contribution in [0.1, 0.15) is 38.0 Å². The molecule has 0 saturated carbocycles. The largest absolute Gasteiger partial charge is 0.309 e. The van der Waals surface area contributed by atoms with Gasteiger partial charge in [0.05, 0.1) is 4.34 Å². The van der Waals surface area contributed by atoms with Crippen molar-refractivity contribution in [3.63, 3.8) is 0 Å². The molecule has 0 bridgehead atoms. The predicted octanol–water partition coefficient (Wildman–Crippen LogP) is 4.00. The molecule has 2 nitrogen and oxygen atoms in total. The van der Waals surface area contributed by atoms with E-state index in [4.69, 9.17) is 11.6 Å². The van der Waals surface area contributed by atoms with Crippen LogP contribution in [0.2, 0.25) is 4.34 Å². The second kappa shape index (κ2) is 7.63. The first-order valence-corrected chi connectivity index (χ1v) is 8.58. The Morgan fingerprint density at radius 2 is 2.16 bits per heavy atom. The number of hydrogen-bond acceptors (Lipinski definition) is 3. The van der Waals surface area contributed by atoms with Gasteiger partial charge >= 0.3 is 0 Å².